The molecule has 0 unspecified atom stereocenters. The van der Waals surface area contributed by atoms with E-state index in [1.54, 1.807) is 13.0 Å². The third-order valence-corrected chi connectivity index (χ3v) is 2.34. The van der Waals surface area contributed by atoms with E-state index in [0.29, 0.717) is 12.4 Å². The molecule has 0 aliphatic rings. The molecule has 0 saturated heterocycles. The van der Waals surface area contributed by atoms with Crippen molar-refractivity contribution in [3.8, 4) is 0 Å². The van der Waals surface area contributed by atoms with E-state index < -0.39 is 5.97 Å². The minimum absolute atomic E-state index is 0.0785. The van der Waals surface area contributed by atoms with E-state index in [4.69, 9.17) is 0 Å². The number of aromatic nitrogens is 1. The number of nitrogens with one attached hydrogen (secondary N) is 1. The van der Waals surface area contributed by atoms with Gasteiger partial charge in [-0.05, 0) is 30.9 Å². The molecular formula is C13H20N2O2. The van der Waals surface area contributed by atoms with Gasteiger partial charge in [-0.25, -0.2) is 9.78 Å². The number of hydrogen-bond donors (Lipinski definition) is 2. The van der Waals surface area contributed by atoms with E-state index in [2.05, 4.69) is 31.1 Å². The van der Waals surface area contributed by atoms with Crippen molar-refractivity contribution in [3.63, 3.8) is 0 Å². The number of carboxylic acid groups (broad SMARTS) is 1. The van der Waals surface area contributed by atoms with E-state index in [9.17, 15) is 9.90 Å². The molecule has 2 N–H and O–H groups in total. The lowest BCUT2D eigenvalue weighted by Crippen LogP contribution is -2.21. The highest BCUT2D eigenvalue weighted by Gasteiger charge is 2.17. The number of aryl methyl sites for hydroxylation is 2. The maximum Gasteiger partial charge on any atom is 0.339 e. The molecule has 0 amide bonds. The third-order valence-electron chi connectivity index (χ3n) is 2.34. The van der Waals surface area contributed by atoms with Crippen molar-refractivity contribution in [2.45, 2.75) is 34.6 Å². The van der Waals surface area contributed by atoms with Gasteiger partial charge in [-0.3, -0.25) is 0 Å². The second-order valence-electron chi connectivity index (χ2n) is 5.52. The van der Waals surface area contributed by atoms with E-state index in [-0.39, 0.29) is 11.0 Å². The summed E-state index contributed by atoms with van der Waals surface area (Å²) < 4.78 is 0. The number of carboxylic acids is 1. The van der Waals surface area contributed by atoms with Crippen molar-refractivity contribution >= 4 is 11.8 Å². The van der Waals surface area contributed by atoms with Crippen LogP contribution in [-0.2, 0) is 0 Å². The molecule has 17 heavy (non-hydrogen) atoms. The number of anilines is 1. The normalized spacial score (nSPS) is 11.4. The van der Waals surface area contributed by atoms with Crippen molar-refractivity contribution in [3.05, 3.63) is 22.9 Å². The minimum Gasteiger partial charge on any atom is -0.478 e. The summed E-state index contributed by atoms with van der Waals surface area (Å²) in [5.41, 5.74) is 1.90. The zero-order valence-electron chi connectivity index (χ0n) is 11.1. The van der Waals surface area contributed by atoms with E-state index in [1.807, 2.05) is 6.92 Å². The first-order valence-corrected chi connectivity index (χ1v) is 5.66. The van der Waals surface area contributed by atoms with Crippen molar-refractivity contribution in [1.82, 2.24) is 4.98 Å². The Hall–Kier alpha value is -1.58. The molecular weight excluding hydrogens is 216 g/mol. The molecule has 0 radical (unpaired) electrons. The molecule has 4 heteroatoms. The molecule has 4 nitrogen and oxygen atoms in total. The zero-order valence-corrected chi connectivity index (χ0v) is 11.1. The highest BCUT2D eigenvalue weighted by molar-refractivity contribution is 5.94. The molecule has 1 aromatic rings. The van der Waals surface area contributed by atoms with Crippen LogP contribution < -0.4 is 5.32 Å². The van der Waals surface area contributed by atoms with Crippen molar-refractivity contribution in [2.24, 2.45) is 5.41 Å². The van der Waals surface area contributed by atoms with Gasteiger partial charge in [-0.1, -0.05) is 20.8 Å². The van der Waals surface area contributed by atoms with E-state index in [0.717, 1.165) is 11.3 Å². The SMILES string of the molecule is Cc1cc(C)c(C(=O)O)c(NCC(C)(C)C)n1. The van der Waals surface area contributed by atoms with Gasteiger partial charge < -0.3 is 10.4 Å². The quantitative estimate of drug-likeness (QED) is 0.847. The fourth-order valence-electron chi connectivity index (χ4n) is 1.58. The maximum absolute atomic E-state index is 11.2. The van der Waals surface area contributed by atoms with Crippen LogP contribution in [0.4, 0.5) is 5.82 Å². The molecule has 0 saturated carbocycles. The highest BCUT2D eigenvalue weighted by atomic mass is 16.4. The molecule has 0 bridgehead atoms. The molecule has 1 aromatic heterocycles. The number of pyridine rings is 1. The first-order valence-electron chi connectivity index (χ1n) is 5.66. The fraction of sp³-hybridized carbons (Fsp3) is 0.538. The fourth-order valence-corrected chi connectivity index (χ4v) is 1.58. The van der Waals surface area contributed by atoms with Crippen LogP contribution in [0.1, 0.15) is 42.4 Å². The summed E-state index contributed by atoms with van der Waals surface area (Å²) in [6.45, 7) is 10.6. The van der Waals surface area contributed by atoms with E-state index in [1.165, 1.54) is 0 Å². The lowest BCUT2D eigenvalue weighted by atomic mass is 9.97. The van der Waals surface area contributed by atoms with E-state index >= 15 is 0 Å². The van der Waals surface area contributed by atoms with Crippen LogP contribution in [0.2, 0.25) is 0 Å². The minimum atomic E-state index is -0.939. The van der Waals surface area contributed by atoms with Gasteiger partial charge in [0.15, 0.2) is 0 Å². The molecule has 1 rings (SSSR count). The van der Waals surface area contributed by atoms with Gasteiger partial charge in [0.05, 0.1) is 0 Å². The topological polar surface area (TPSA) is 62.2 Å². The van der Waals surface area contributed by atoms with Gasteiger partial charge in [-0.15, -0.1) is 0 Å². The van der Waals surface area contributed by atoms with Crippen LogP contribution in [0, 0.1) is 19.3 Å². The standard InChI is InChI=1S/C13H20N2O2/c1-8-6-9(2)15-11(10(8)12(16)17)14-7-13(3,4)5/h6H,7H2,1-5H3,(H,14,15)(H,16,17). The molecule has 0 atom stereocenters. The van der Waals surface area contributed by atoms with Gasteiger partial charge in [0, 0.05) is 12.2 Å². The van der Waals surface area contributed by atoms with Crippen LogP contribution in [0.25, 0.3) is 0 Å². The van der Waals surface area contributed by atoms with Gasteiger partial charge >= 0.3 is 5.97 Å². The summed E-state index contributed by atoms with van der Waals surface area (Å²) in [5.74, 6) is -0.476. The molecule has 0 aromatic carbocycles. The second-order valence-corrected chi connectivity index (χ2v) is 5.52. The zero-order chi connectivity index (χ0) is 13.2. The second kappa shape index (κ2) is 4.73. The van der Waals surface area contributed by atoms with Crippen LogP contribution >= 0.6 is 0 Å². The van der Waals surface area contributed by atoms with Crippen LogP contribution in [0.15, 0.2) is 6.07 Å². The first kappa shape index (κ1) is 13.5. The van der Waals surface area contributed by atoms with Crippen LogP contribution in [0.5, 0.6) is 0 Å². The summed E-state index contributed by atoms with van der Waals surface area (Å²) in [6, 6.07) is 1.78. The lowest BCUT2D eigenvalue weighted by Gasteiger charge is -2.20. The summed E-state index contributed by atoms with van der Waals surface area (Å²) in [6.07, 6.45) is 0. The number of aromatic carboxylic acids is 1. The Bertz CT molecular complexity index is 434. The monoisotopic (exact) mass is 236 g/mol. The first-order chi connectivity index (χ1) is 7.70. The molecule has 1 heterocycles. The van der Waals surface area contributed by atoms with Crippen molar-refractivity contribution < 1.29 is 9.90 Å². The van der Waals surface area contributed by atoms with Gasteiger partial charge in [0.1, 0.15) is 11.4 Å². The summed E-state index contributed by atoms with van der Waals surface area (Å²) in [4.78, 5) is 15.5. The summed E-state index contributed by atoms with van der Waals surface area (Å²) >= 11 is 0. The summed E-state index contributed by atoms with van der Waals surface area (Å²) in [7, 11) is 0. The average Bonchev–Trinajstić information content (AvgIpc) is 2.11. The van der Waals surface area contributed by atoms with Gasteiger partial charge in [0.2, 0.25) is 0 Å². The van der Waals surface area contributed by atoms with Crippen molar-refractivity contribution in [1.29, 1.82) is 0 Å². The Kier molecular flexibility index (Phi) is 3.76. The molecule has 0 fully saturated rings. The van der Waals surface area contributed by atoms with Crippen LogP contribution in [-0.4, -0.2) is 22.6 Å². The number of hydrogen-bond acceptors (Lipinski definition) is 3. The largest absolute Gasteiger partial charge is 0.478 e. The lowest BCUT2D eigenvalue weighted by molar-refractivity contribution is 0.0696. The van der Waals surface area contributed by atoms with Crippen molar-refractivity contribution in [2.75, 3.05) is 11.9 Å². The third kappa shape index (κ3) is 3.73. The average molecular weight is 236 g/mol. The molecule has 0 spiro atoms. The Labute approximate surface area is 102 Å². The number of nitrogens with zero attached hydrogens (tertiary/aromatic N) is 1. The molecule has 0 aliphatic heterocycles. The Morgan fingerprint density at radius 1 is 1.41 bits per heavy atom. The smallest absolute Gasteiger partial charge is 0.339 e. The Morgan fingerprint density at radius 2 is 2.00 bits per heavy atom. The Balaban J connectivity index is 3.09. The predicted molar refractivity (Wildman–Crippen MR) is 68.6 cm³/mol. The Morgan fingerprint density at radius 3 is 2.47 bits per heavy atom. The number of rotatable bonds is 3. The highest BCUT2D eigenvalue weighted by Crippen LogP contribution is 2.21. The summed E-state index contributed by atoms with van der Waals surface area (Å²) in [5, 5.41) is 12.3. The van der Waals surface area contributed by atoms with Gasteiger partial charge in [0.25, 0.3) is 0 Å². The molecule has 0 aliphatic carbocycles. The predicted octanol–water partition coefficient (Wildman–Crippen LogP) is 2.85. The number of carbonyl (C=O) groups is 1. The van der Waals surface area contributed by atoms with Crippen LogP contribution in [0.3, 0.4) is 0 Å². The maximum atomic E-state index is 11.2. The molecule has 94 valence electrons. The van der Waals surface area contributed by atoms with Gasteiger partial charge in [-0.2, -0.15) is 0 Å².